The summed E-state index contributed by atoms with van der Waals surface area (Å²) in [7, 11) is 0. The van der Waals surface area contributed by atoms with Crippen molar-refractivity contribution < 1.29 is 4.74 Å². The molecule has 0 fully saturated rings. The summed E-state index contributed by atoms with van der Waals surface area (Å²) < 4.78 is 6.69. The van der Waals surface area contributed by atoms with E-state index < -0.39 is 0 Å². The van der Waals surface area contributed by atoms with E-state index in [1.807, 2.05) is 0 Å². The second kappa shape index (κ2) is 7.79. The van der Waals surface area contributed by atoms with Crippen LogP contribution in [0.25, 0.3) is 0 Å². The molecule has 0 saturated carbocycles. The van der Waals surface area contributed by atoms with Crippen LogP contribution in [0, 0.1) is 23.7 Å². The lowest BCUT2D eigenvalue weighted by Crippen LogP contribution is -2.51. The lowest BCUT2D eigenvalue weighted by Gasteiger charge is -2.46. The van der Waals surface area contributed by atoms with E-state index in [1.54, 1.807) is 0 Å². The van der Waals surface area contributed by atoms with Crippen LogP contribution in [0.3, 0.4) is 0 Å². The molecule has 2 N–H and O–H groups in total. The molecule has 0 aliphatic carbocycles. The molecule has 0 bridgehead atoms. The third kappa shape index (κ3) is 6.13. The van der Waals surface area contributed by atoms with Crippen LogP contribution in [0.15, 0.2) is 0 Å². The summed E-state index contributed by atoms with van der Waals surface area (Å²) in [4.78, 5) is 0. The number of hydrogen-bond donors (Lipinski definition) is 1. The third-order valence-corrected chi connectivity index (χ3v) is 4.53. The van der Waals surface area contributed by atoms with Gasteiger partial charge < -0.3 is 10.5 Å². The van der Waals surface area contributed by atoms with E-state index in [9.17, 15) is 0 Å². The molecule has 0 heterocycles. The Bertz CT molecular complexity index is 275. The fraction of sp³-hybridized carbons (Fsp3) is 1.00. The van der Waals surface area contributed by atoms with Gasteiger partial charge in [0.25, 0.3) is 0 Å². The molecule has 0 radical (unpaired) electrons. The van der Waals surface area contributed by atoms with Crippen LogP contribution in [-0.4, -0.2) is 17.7 Å². The molecule has 0 aliphatic heterocycles. The number of hydrogen-bond acceptors (Lipinski definition) is 2. The molecule has 0 rings (SSSR count). The lowest BCUT2D eigenvalue weighted by atomic mass is 9.76. The highest BCUT2D eigenvalue weighted by Gasteiger charge is 2.40. The first-order valence-electron chi connectivity index (χ1n) is 8.36. The van der Waals surface area contributed by atoms with Crippen molar-refractivity contribution in [2.45, 2.75) is 86.4 Å². The summed E-state index contributed by atoms with van der Waals surface area (Å²) in [6.45, 7) is 21.0. The van der Waals surface area contributed by atoms with Crippen molar-refractivity contribution in [2.24, 2.45) is 29.4 Å². The minimum atomic E-state index is -0.221. The molecule has 0 aromatic rings. The largest absolute Gasteiger partial charge is 0.368 e. The first kappa shape index (κ1) is 19.9. The summed E-state index contributed by atoms with van der Waals surface area (Å²) in [6, 6.07) is 0. The molecule has 20 heavy (non-hydrogen) atoms. The van der Waals surface area contributed by atoms with Gasteiger partial charge in [-0.05, 0) is 50.4 Å². The highest BCUT2D eigenvalue weighted by atomic mass is 16.5. The van der Waals surface area contributed by atoms with E-state index >= 15 is 0 Å². The topological polar surface area (TPSA) is 35.2 Å². The molecule has 2 nitrogen and oxygen atoms in total. The molecule has 0 spiro atoms. The van der Waals surface area contributed by atoms with Gasteiger partial charge >= 0.3 is 0 Å². The standard InChI is InChI=1S/C18H39NO/c1-13(2)10-17(8,12-19)20-18(9,11-14(3)4)16(7)15(5)6/h13-16H,10-12,19H2,1-9H3. The molecule has 0 amide bonds. The summed E-state index contributed by atoms with van der Waals surface area (Å²) in [5, 5.41) is 0. The first-order valence-corrected chi connectivity index (χ1v) is 8.36. The van der Waals surface area contributed by atoms with Crippen molar-refractivity contribution in [1.29, 1.82) is 0 Å². The zero-order chi connectivity index (χ0) is 16.1. The Labute approximate surface area is 127 Å². The Balaban J connectivity index is 5.22. The van der Waals surface area contributed by atoms with E-state index in [2.05, 4.69) is 62.3 Å². The van der Waals surface area contributed by atoms with Gasteiger partial charge in [0.15, 0.2) is 0 Å². The van der Waals surface area contributed by atoms with Crippen LogP contribution in [0.4, 0.5) is 0 Å². The molecule has 0 aromatic carbocycles. The summed E-state index contributed by atoms with van der Waals surface area (Å²) in [5.74, 6) is 2.35. The average molecular weight is 286 g/mol. The van der Waals surface area contributed by atoms with Crippen molar-refractivity contribution >= 4 is 0 Å². The van der Waals surface area contributed by atoms with Crippen molar-refractivity contribution in [1.82, 2.24) is 0 Å². The van der Waals surface area contributed by atoms with Crippen LogP contribution >= 0.6 is 0 Å². The van der Waals surface area contributed by atoms with E-state index in [0.717, 1.165) is 12.8 Å². The highest BCUT2D eigenvalue weighted by Crippen LogP contribution is 2.38. The Hall–Kier alpha value is -0.0800. The number of rotatable bonds is 9. The molecule has 0 aliphatic rings. The fourth-order valence-corrected chi connectivity index (χ4v) is 3.43. The zero-order valence-corrected chi connectivity index (χ0v) is 15.4. The molecular formula is C18H39NO. The fourth-order valence-electron chi connectivity index (χ4n) is 3.43. The van der Waals surface area contributed by atoms with Gasteiger partial charge in [0.1, 0.15) is 0 Å². The number of ether oxygens (including phenoxy) is 1. The SMILES string of the molecule is CC(C)CC(C)(CN)OC(C)(CC(C)C)C(C)C(C)C. The van der Waals surface area contributed by atoms with Crippen LogP contribution in [0.1, 0.15) is 75.2 Å². The van der Waals surface area contributed by atoms with Gasteiger partial charge in [0.05, 0.1) is 11.2 Å². The Morgan fingerprint density at radius 2 is 1.30 bits per heavy atom. The van der Waals surface area contributed by atoms with Crippen LogP contribution in [-0.2, 0) is 4.74 Å². The Morgan fingerprint density at radius 1 is 0.850 bits per heavy atom. The minimum absolute atomic E-state index is 0.106. The van der Waals surface area contributed by atoms with Crippen molar-refractivity contribution in [3.05, 3.63) is 0 Å². The lowest BCUT2D eigenvalue weighted by molar-refractivity contribution is -0.180. The molecule has 0 aromatic heterocycles. The Morgan fingerprint density at radius 3 is 1.60 bits per heavy atom. The third-order valence-electron chi connectivity index (χ3n) is 4.53. The van der Waals surface area contributed by atoms with Gasteiger partial charge in [-0.3, -0.25) is 0 Å². The van der Waals surface area contributed by atoms with E-state index in [0.29, 0.717) is 30.2 Å². The summed E-state index contributed by atoms with van der Waals surface area (Å²) in [5.41, 5.74) is 5.72. The first-order chi connectivity index (χ1) is 8.95. The van der Waals surface area contributed by atoms with Gasteiger partial charge in [0.2, 0.25) is 0 Å². The maximum Gasteiger partial charge on any atom is 0.0786 e. The summed E-state index contributed by atoms with van der Waals surface area (Å²) >= 11 is 0. The van der Waals surface area contributed by atoms with E-state index in [4.69, 9.17) is 10.5 Å². The molecular weight excluding hydrogens is 246 g/mol. The predicted molar refractivity (Wildman–Crippen MR) is 89.9 cm³/mol. The van der Waals surface area contributed by atoms with Gasteiger partial charge in [-0.25, -0.2) is 0 Å². The average Bonchev–Trinajstić information content (AvgIpc) is 2.25. The van der Waals surface area contributed by atoms with Crippen LogP contribution < -0.4 is 5.73 Å². The van der Waals surface area contributed by atoms with Crippen molar-refractivity contribution in [2.75, 3.05) is 6.54 Å². The van der Waals surface area contributed by atoms with E-state index in [-0.39, 0.29) is 11.2 Å². The highest BCUT2D eigenvalue weighted by molar-refractivity contribution is 4.90. The van der Waals surface area contributed by atoms with E-state index in [1.165, 1.54) is 0 Å². The predicted octanol–water partition coefficient (Wildman–Crippen LogP) is 4.86. The van der Waals surface area contributed by atoms with Gasteiger partial charge in [-0.2, -0.15) is 0 Å². The maximum atomic E-state index is 6.69. The second-order valence-electron chi connectivity index (χ2n) is 8.30. The van der Waals surface area contributed by atoms with Crippen LogP contribution in [0.2, 0.25) is 0 Å². The maximum absolute atomic E-state index is 6.69. The molecule has 2 heteroatoms. The molecule has 3 atom stereocenters. The second-order valence-corrected chi connectivity index (χ2v) is 8.30. The monoisotopic (exact) mass is 285 g/mol. The Kier molecular flexibility index (Phi) is 7.76. The quantitative estimate of drug-likeness (QED) is 0.656. The van der Waals surface area contributed by atoms with Crippen LogP contribution in [0.5, 0.6) is 0 Å². The van der Waals surface area contributed by atoms with Crippen molar-refractivity contribution in [3.63, 3.8) is 0 Å². The van der Waals surface area contributed by atoms with Gasteiger partial charge in [-0.15, -0.1) is 0 Å². The molecule has 3 unspecified atom stereocenters. The minimum Gasteiger partial charge on any atom is -0.368 e. The van der Waals surface area contributed by atoms with Gasteiger partial charge in [0, 0.05) is 6.54 Å². The number of nitrogens with two attached hydrogens (primary N) is 1. The zero-order valence-electron chi connectivity index (χ0n) is 15.4. The smallest absolute Gasteiger partial charge is 0.0786 e. The molecule has 122 valence electrons. The van der Waals surface area contributed by atoms with Gasteiger partial charge in [-0.1, -0.05) is 48.5 Å². The molecule has 0 saturated heterocycles. The summed E-state index contributed by atoms with van der Waals surface area (Å²) in [6.07, 6.45) is 2.10. The van der Waals surface area contributed by atoms with Crippen molar-refractivity contribution in [3.8, 4) is 0 Å². The normalized spacial score (nSPS) is 20.2.